The van der Waals surface area contributed by atoms with Crippen LogP contribution in [0.15, 0.2) is 24.3 Å². The zero-order chi connectivity index (χ0) is 15.5. The molecule has 126 valence electrons. The minimum Gasteiger partial charge on any atom is -0.497 e. The molecule has 6 nitrogen and oxygen atoms in total. The normalized spacial score (nSPS) is 11.2. The summed E-state index contributed by atoms with van der Waals surface area (Å²) >= 11 is 0. The van der Waals surface area contributed by atoms with Gasteiger partial charge < -0.3 is 24.8 Å². The first-order valence-electron chi connectivity index (χ1n) is 6.92. The minimum absolute atomic E-state index is 0. The third-order valence-corrected chi connectivity index (χ3v) is 2.73. The van der Waals surface area contributed by atoms with Crippen LogP contribution < -0.4 is 20.1 Å². The van der Waals surface area contributed by atoms with Crippen LogP contribution in [0, 0.1) is 0 Å². The highest BCUT2D eigenvalue weighted by Gasteiger charge is 2.07. The molecule has 0 bridgehead atoms. The van der Waals surface area contributed by atoms with Gasteiger partial charge in [0.1, 0.15) is 17.6 Å². The number of methoxy groups -OCH3 is 2. The van der Waals surface area contributed by atoms with Gasteiger partial charge in [-0.15, -0.1) is 12.4 Å². The highest BCUT2D eigenvalue weighted by atomic mass is 35.5. The Balaban J connectivity index is 0.00000441. The molecule has 0 fully saturated rings. The Morgan fingerprint density at radius 2 is 2.00 bits per heavy atom. The number of amides is 1. The molecule has 0 heterocycles. The van der Waals surface area contributed by atoms with Gasteiger partial charge in [-0.25, -0.2) is 0 Å². The maximum absolute atomic E-state index is 11.6. The van der Waals surface area contributed by atoms with Crippen molar-refractivity contribution in [3.05, 3.63) is 24.3 Å². The predicted octanol–water partition coefficient (Wildman–Crippen LogP) is 1.24. The molecular formula is C15H25ClN2O4. The van der Waals surface area contributed by atoms with Gasteiger partial charge in [-0.2, -0.15) is 0 Å². The molecule has 0 radical (unpaired) electrons. The Labute approximate surface area is 137 Å². The molecule has 0 saturated heterocycles. The predicted molar refractivity (Wildman–Crippen MR) is 88.1 cm³/mol. The third kappa shape index (κ3) is 8.71. The SMILES string of the molecule is COCCNCC(=O)NCC(C)Oc1cccc(OC)c1.Cl. The van der Waals surface area contributed by atoms with Gasteiger partial charge in [0.2, 0.25) is 5.91 Å². The van der Waals surface area contributed by atoms with Gasteiger partial charge >= 0.3 is 0 Å². The van der Waals surface area contributed by atoms with Crippen LogP contribution in [0.4, 0.5) is 0 Å². The summed E-state index contributed by atoms with van der Waals surface area (Å²) in [5.41, 5.74) is 0. The maximum Gasteiger partial charge on any atom is 0.234 e. The van der Waals surface area contributed by atoms with Gasteiger partial charge in [-0.05, 0) is 19.1 Å². The highest BCUT2D eigenvalue weighted by molar-refractivity contribution is 5.85. The standard InChI is InChI=1S/C15H24N2O4.ClH/c1-12(10-17-15(18)11-16-7-8-19-2)21-14-6-4-5-13(9-14)20-3;/h4-6,9,12,16H,7-8,10-11H2,1-3H3,(H,17,18);1H. The maximum atomic E-state index is 11.6. The van der Waals surface area contributed by atoms with Crippen molar-refractivity contribution in [3.63, 3.8) is 0 Å². The van der Waals surface area contributed by atoms with E-state index in [0.29, 0.717) is 25.4 Å². The van der Waals surface area contributed by atoms with Crippen molar-refractivity contribution in [1.29, 1.82) is 0 Å². The molecule has 1 amide bonds. The molecule has 0 aromatic heterocycles. The number of rotatable bonds is 10. The summed E-state index contributed by atoms with van der Waals surface area (Å²) in [4.78, 5) is 11.6. The Bertz CT molecular complexity index is 432. The smallest absolute Gasteiger partial charge is 0.234 e. The number of nitrogens with one attached hydrogen (secondary N) is 2. The van der Waals surface area contributed by atoms with Crippen LogP contribution in [0.5, 0.6) is 11.5 Å². The Kier molecular flexibility index (Phi) is 11.3. The summed E-state index contributed by atoms with van der Waals surface area (Å²) in [6, 6.07) is 7.38. The number of carbonyl (C=O) groups is 1. The van der Waals surface area contributed by atoms with Crippen LogP contribution >= 0.6 is 12.4 Å². The number of halogens is 1. The second kappa shape index (κ2) is 12.1. The molecule has 0 aliphatic heterocycles. The lowest BCUT2D eigenvalue weighted by Gasteiger charge is -2.16. The number of hydrogen-bond donors (Lipinski definition) is 2. The molecule has 0 aliphatic rings. The van der Waals surface area contributed by atoms with Gasteiger partial charge in [-0.1, -0.05) is 6.07 Å². The molecule has 2 N–H and O–H groups in total. The molecule has 1 atom stereocenters. The Morgan fingerprint density at radius 3 is 2.68 bits per heavy atom. The van der Waals surface area contributed by atoms with Crippen LogP contribution in [-0.2, 0) is 9.53 Å². The van der Waals surface area contributed by atoms with Crippen molar-refractivity contribution in [2.75, 3.05) is 40.5 Å². The summed E-state index contributed by atoms with van der Waals surface area (Å²) in [7, 11) is 3.23. The van der Waals surface area contributed by atoms with E-state index >= 15 is 0 Å². The van der Waals surface area contributed by atoms with Crippen LogP contribution in [0.2, 0.25) is 0 Å². The molecule has 0 spiro atoms. The lowest BCUT2D eigenvalue weighted by atomic mass is 10.3. The van der Waals surface area contributed by atoms with Crippen molar-refractivity contribution in [2.45, 2.75) is 13.0 Å². The van der Waals surface area contributed by atoms with E-state index in [1.54, 1.807) is 14.2 Å². The van der Waals surface area contributed by atoms with Crippen molar-refractivity contribution < 1.29 is 19.0 Å². The van der Waals surface area contributed by atoms with Gasteiger partial charge in [0.05, 0.1) is 26.8 Å². The summed E-state index contributed by atoms with van der Waals surface area (Å²) in [6.45, 7) is 3.86. The average molecular weight is 333 g/mol. The summed E-state index contributed by atoms with van der Waals surface area (Å²) in [5, 5.41) is 5.79. The van der Waals surface area contributed by atoms with E-state index in [2.05, 4.69) is 10.6 Å². The van der Waals surface area contributed by atoms with E-state index in [0.717, 1.165) is 5.75 Å². The number of ether oxygens (including phenoxy) is 3. The van der Waals surface area contributed by atoms with E-state index in [1.165, 1.54) is 0 Å². The van der Waals surface area contributed by atoms with Crippen LogP contribution in [0.1, 0.15) is 6.92 Å². The lowest BCUT2D eigenvalue weighted by molar-refractivity contribution is -0.120. The quantitative estimate of drug-likeness (QED) is 0.631. The van der Waals surface area contributed by atoms with Crippen molar-refractivity contribution >= 4 is 18.3 Å². The molecule has 0 aliphatic carbocycles. The summed E-state index contributed by atoms with van der Waals surface area (Å²) in [5.74, 6) is 1.40. The fourth-order valence-corrected chi connectivity index (χ4v) is 1.64. The van der Waals surface area contributed by atoms with E-state index in [-0.39, 0.29) is 31.0 Å². The number of hydrogen-bond acceptors (Lipinski definition) is 5. The zero-order valence-corrected chi connectivity index (χ0v) is 14.1. The van der Waals surface area contributed by atoms with Gasteiger partial charge in [-0.3, -0.25) is 4.79 Å². The van der Waals surface area contributed by atoms with Gasteiger partial charge in [0.25, 0.3) is 0 Å². The van der Waals surface area contributed by atoms with Crippen molar-refractivity contribution in [2.24, 2.45) is 0 Å². The minimum atomic E-state index is -0.125. The topological polar surface area (TPSA) is 68.8 Å². The lowest BCUT2D eigenvalue weighted by Crippen LogP contribution is -2.39. The molecule has 7 heteroatoms. The largest absolute Gasteiger partial charge is 0.497 e. The first-order chi connectivity index (χ1) is 10.2. The average Bonchev–Trinajstić information content (AvgIpc) is 2.50. The first-order valence-corrected chi connectivity index (χ1v) is 6.92. The van der Waals surface area contributed by atoms with E-state index in [1.807, 2.05) is 31.2 Å². The Morgan fingerprint density at radius 1 is 1.27 bits per heavy atom. The molecule has 1 rings (SSSR count). The van der Waals surface area contributed by atoms with Crippen LogP contribution in [-0.4, -0.2) is 52.5 Å². The molecule has 1 unspecified atom stereocenters. The van der Waals surface area contributed by atoms with E-state index in [9.17, 15) is 4.79 Å². The third-order valence-electron chi connectivity index (χ3n) is 2.73. The van der Waals surface area contributed by atoms with Crippen LogP contribution in [0.25, 0.3) is 0 Å². The molecular weight excluding hydrogens is 308 g/mol. The number of benzene rings is 1. The monoisotopic (exact) mass is 332 g/mol. The van der Waals surface area contributed by atoms with E-state index in [4.69, 9.17) is 14.2 Å². The zero-order valence-electron chi connectivity index (χ0n) is 13.3. The van der Waals surface area contributed by atoms with Crippen molar-refractivity contribution in [3.8, 4) is 11.5 Å². The molecule has 1 aromatic rings. The summed E-state index contributed by atoms with van der Waals surface area (Å²) in [6.07, 6.45) is -0.125. The van der Waals surface area contributed by atoms with Gasteiger partial charge in [0.15, 0.2) is 0 Å². The fraction of sp³-hybridized carbons (Fsp3) is 0.533. The van der Waals surface area contributed by atoms with Crippen molar-refractivity contribution in [1.82, 2.24) is 10.6 Å². The highest BCUT2D eigenvalue weighted by Crippen LogP contribution is 2.19. The number of carbonyl (C=O) groups excluding carboxylic acids is 1. The molecule has 0 saturated carbocycles. The second-order valence-electron chi connectivity index (χ2n) is 4.58. The Hall–Kier alpha value is -1.50. The fourth-order valence-electron chi connectivity index (χ4n) is 1.64. The van der Waals surface area contributed by atoms with Crippen LogP contribution in [0.3, 0.4) is 0 Å². The first kappa shape index (κ1) is 20.5. The van der Waals surface area contributed by atoms with E-state index < -0.39 is 0 Å². The van der Waals surface area contributed by atoms with Gasteiger partial charge in [0, 0.05) is 19.7 Å². The molecule has 1 aromatic carbocycles. The second-order valence-corrected chi connectivity index (χ2v) is 4.58. The molecule has 22 heavy (non-hydrogen) atoms. The summed E-state index contributed by atoms with van der Waals surface area (Å²) < 4.78 is 15.7.